The van der Waals surface area contributed by atoms with Gasteiger partial charge in [-0.05, 0) is 24.6 Å². The van der Waals surface area contributed by atoms with Crippen LogP contribution in [-0.4, -0.2) is 30.8 Å². The third kappa shape index (κ3) is 6.61. The Balaban J connectivity index is 2.52. The van der Waals surface area contributed by atoms with E-state index in [2.05, 4.69) is 17.2 Å². The number of anilines is 1. The number of benzene rings is 1. The molecule has 0 heterocycles. The molecule has 0 fully saturated rings. The highest BCUT2D eigenvalue weighted by Gasteiger charge is 2.02. The van der Waals surface area contributed by atoms with Crippen molar-refractivity contribution in [3.63, 3.8) is 0 Å². The smallest absolute Gasteiger partial charge is 0.250 e. The largest absolute Gasteiger partial charge is 0.395 e. The van der Waals surface area contributed by atoms with Gasteiger partial charge in [-0.3, -0.25) is 4.79 Å². The van der Waals surface area contributed by atoms with Gasteiger partial charge >= 0.3 is 0 Å². The summed E-state index contributed by atoms with van der Waals surface area (Å²) in [6, 6.07) is 7.27. The first-order valence-corrected chi connectivity index (χ1v) is 6.33. The second-order valence-corrected chi connectivity index (χ2v) is 3.96. The predicted molar refractivity (Wildman–Crippen MR) is 74.8 cm³/mol. The van der Waals surface area contributed by atoms with Crippen molar-refractivity contribution < 1.29 is 14.6 Å². The minimum Gasteiger partial charge on any atom is -0.395 e. The Labute approximate surface area is 113 Å². The number of hydrogen-bond donors (Lipinski definition) is 2. The Kier molecular flexibility index (Phi) is 7.33. The van der Waals surface area contributed by atoms with E-state index >= 15 is 0 Å². The lowest BCUT2D eigenvalue weighted by Gasteiger charge is -2.05. The summed E-state index contributed by atoms with van der Waals surface area (Å²) in [6.45, 7) is 2.69. The number of amides is 1. The molecule has 19 heavy (non-hydrogen) atoms. The van der Waals surface area contributed by atoms with Gasteiger partial charge in [-0.2, -0.15) is 0 Å². The molecule has 1 rings (SSSR count). The summed E-state index contributed by atoms with van der Waals surface area (Å²) < 4.78 is 5.16. The fraction of sp³-hybridized carbons (Fsp3) is 0.400. The van der Waals surface area contributed by atoms with E-state index in [1.54, 1.807) is 12.1 Å². The molecule has 4 nitrogen and oxygen atoms in total. The minimum absolute atomic E-state index is 0.0538. The number of aliphatic hydroxyl groups excluding tert-OH is 1. The van der Waals surface area contributed by atoms with Gasteiger partial charge in [-0.1, -0.05) is 24.8 Å². The Hall–Kier alpha value is -1.83. The summed E-state index contributed by atoms with van der Waals surface area (Å²) in [4.78, 5) is 11.6. The monoisotopic (exact) mass is 261 g/mol. The molecule has 1 aromatic carbocycles. The van der Waals surface area contributed by atoms with Crippen LogP contribution in [0.5, 0.6) is 0 Å². The fourth-order valence-electron chi connectivity index (χ4n) is 1.40. The Bertz CT molecular complexity index is 460. The van der Waals surface area contributed by atoms with Crippen LogP contribution in [0.3, 0.4) is 0 Å². The summed E-state index contributed by atoms with van der Waals surface area (Å²) in [5, 5.41) is 11.4. The van der Waals surface area contributed by atoms with Crippen molar-refractivity contribution in [3.8, 4) is 11.8 Å². The summed E-state index contributed by atoms with van der Waals surface area (Å²) in [7, 11) is 0. The topological polar surface area (TPSA) is 58.6 Å². The molecule has 4 heteroatoms. The molecule has 0 bridgehead atoms. The van der Waals surface area contributed by atoms with E-state index in [0.717, 1.165) is 12.0 Å². The molecule has 0 unspecified atom stereocenters. The lowest BCUT2D eigenvalue weighted by Crippen LogP contribution is -2.18. The lowest BCUT2D eigenvalue weighted by atomic mass is 10.2. The Morgan fingerprint density at radius 1 is 1.47 bits per heavy atom. The van der Waals surface area contributed by atoms with Crippen molar-refractivity contribution >= 4 is 11.6 Å². The molecule has 1 amide bonds. The Morgan fingerprint density at radius 3 is 3.05 bits per heavy atom. The molecule has 0 saturated carbocycles. The number of rotatable bonds is 6. The standard InChI is InChI=1S/C15H19NO3/c1-2-10-19-12-15(18)16-14-8-5-7-13(11-14)6-3-4-9-17/h5,7-8,11,17H,2,4,9-10,12H2,1H3,(H,16,18). The van der Waals surface area contributed by atoms with E-state index in [9.17, 15) is 4.79 Å². The van der Waals surface area contributed by atoms with Crippen molar-refractivity contribution in [1.29, 1.82) is 0 Å². The highest BCUT2D eigenvalue weighted by molar-refractivity contribution is 5.91. The molecule has 0 aliphatic heterocycles. The van der Waals surface area contributed by atoms with Gasteiger partial charge in [-0.15, -0.1) is 0 Å². The number of nitrogens with one attached hydrogen (secondary N) is 1. The van der Waals surface area contributed by atoms with E-state index < -0.39 is 0 Å². The van der Waals surface area contributed by atoms with Gasteiger partial charge in [0.25, 0.3) is 0 Å². The third-order valence-corrected chi connectivity index (χ3v) is 2.20. The van der Waals surface area contributed by atoms with Crippen molar-refractivity contribution in [3.05, 3.63) is 29.8 Å². The molecular weight excluding hydrogens is 242 g/mol. The first-order valence-electron chi connectivity index (χ1n) is 6.33. The molecule has 0 aliphatic carbocycles. The van der Waals surface area contributed by atoms with Gasteiger partial charge < -0.3 is 15.2 Å². The molecular formula is C15H19NO3. The van der Waals surface area contributed by atoms with Crippen LogP contribution in [-0.2, 0) is 9.53 Å². The normalized spacial score (nSPS) is 9.58. The molecule has 0 spiro atoms. The fourth-order valence-corrected chi connectivity index (χ4v) is 1.40. The summed E-state index contributed by atoms with van der Waals surface area (Å²) in [5.41, 5.74) is 1.50. The van der Waals surface area contributed by atoms with Crippen molar-refractivity contribution in [1.82, 2.24) is 0 Å². The zero-order valence-electron chi connectivity index (χ0n) is 11.1. The van der Waals surface area contributed by atoms with Gasteiger partial charge in [0.2, 0.25) is 5.91 Å². The second kappa shape index (κ2) is 9.15. The van der Waals surface area contributed by atoms with Gasteiger partial charge in [0, 0.05) is 24.3 Å². The van der Waals surface area contributed by atoms with E-state index in [1.165, 1.54) is 0 Å². The maximum absolute atomic E-state index is 11.6. The number of carbonyl (C=O) groups excluding carboxylic acids is 1. The number of carbonyl (C=O) groups is 1. The van der Waals surface area contributed by atoms with Crippen LogP contribution in [0.1, 0.15) is 25.3 Å². The zero-order chi connectivity index (χ0) is 13.9. The van der Waals surface area contributed by atoms with Crippen LogP contribution in [0.15, 0.2) is 24.3 Å². The van der Waals surface area contributed by atoms with Gasteiger partial charge in [0.05, 0.1) is 6.61 Å². The van der Waals surface area contributed by atoms with Crippen LogP contribution in [0, 0.1) is 11.8 Å². The first-order chi connectivity index (χ1) is 9.26. The van der Waals surface area contributed by atoms with Gasteiger partial charge in [0.1, 0.15) is 6.61 Å². The predicted octanol–water partition coefficient (Wildman–Crippen LogP) is 1.79. The SMILES string of the molecule is CCCOCC(=O)Nc1cccc(C#CCCO)c1. The van der Waals surface area contributed by atoms with E-state index in [-0.39, 0.29) is 19.1 Å². The van der Waals surface area contributed by atoms with Crippen LogP contribution in [0.2, 0.25) is 0 Å². The van der Waals surface area contributed by atoms with Crippen molar-refractivity contribution in [2.75, 3.05) is 25.1 Å². The molecule has 102 valence electrons. The average Bonchev–Trinajstić information content (AvgIpc) is 2.40. The quantitative estimate of drug-likeness (QED) is 0.606. The maximum Gasteiger partial charge on any atom is 0.250 e. The van der Waals surface area contributed by atoms with E-state index in [1.807, 2.05) is 19.1 Å². The van der Waals surface area contributed by atoms with Crippen LogP contribution in [0.25, 0.3) is 0 Å². The van der Waals surface area contributed by atoms with E-state index in [4.69, 9.17) is 9.84 Å². The molecule has 1 aromatic rings. The molecule has 0 aromatic heterocycles. The zero-order valence-corrected chi connectivity index (χ0v) is 11.1. The second-order valence-electron chi connectivity index (χ2n) is 3.96. The summed E-state index contributed by atoms with van der Waals surface area (Å²) in [6.07, 6.45) is 1.34. The minimum atomic E-state index is -0.172. The molecule has 2 N–H and O–H groups in total. The summed E-state index contributed by atoms with van der Waals surface area (Å²) >= 11 is 0. The van der Waals surface area contributed by atoms with Crippen LogP contribution < -0.4 is 5.32 Å². The first kappa shape index (κ1) is 15.2. The van der Waals surface area contributed by atoms with Gasteiger partial charge in [-0.25, -0.2) is 0 Å². The summed E-state index contributed by atoms with van der Waals surface area (Å²) in [5.74, 6) is 5.58. The maximum atomic E-state index is 11.6. The van der Waals surface area contributed by atoms with Gasteiger partial charge in [0.15, 0.2) is 0 Å². The van der Waals surface area contributed by atoms with Crippen LogP contribution in [0.4, 0.5) is 5.69 Å². The average molecular weight is 261 g/mol. The molecule has 0 atom stereocenters. The number of hydrogen-bond acceptors (Lipinski definition) is 3. The molecule has 0 saturated heterocycles. The lowest BCUT2D eigenvalue weighted by molar-refractivity contribution is -0.120. The Morgan fingerprint density at radius 2 is 2.32 bits per heavy atom. The van der Waals surface area contributed by atoms with Crippen molar-refractivity contribution in [2.24, 2.45) is 0 Å². The molecule has 0 radical (unpaired) electrons. The highest BCUT2D eigenvalue weighted by Crippen LogP contribution is 2.09. The van der Waals surface area contributed by atoms with Crippen molar-refractivity contribution in [2.45, 2.75) is 19.8 Å². The molecule has 0 aliphatic rings. The number of aliphatic hydroxyl groups is 1. The third-order valence-electron chi connectivity index (χ3n) is 2.20. The highest BCUT2D eigenvalue weighted by atomic mass is 16.5. The number of ether oxygens (including phenoxy) is 1. The van der Waals surface area contributed by atoms with Crippen LogP contribution >= 0.6 is 0 Å². The van der Waals surface area contributed by atoms with E-state index in [0.29, 0.717) is 18.7 Å².